The lowest BCUT2D eigenvalue weighted by atomic mass is 9.77. The van der Waals surface area contributed by atoms with Crippen LogP contribution < -0.4 is 15.0 Å². The average molecular weight is 444 g/mol. The Labute approximate surface area is 191 Å². The maximum Gasteiger partial charge on any atom is 0.234 e. The maximum atomic E-state index is 13.5. The smallest absolute Gasteiger partial charge is 0.234 e. The number of benzene rings is 2. The fraction of sp³-hybridized carbons (Fsp3) is 0.308. The molecule has 7 heteroatoms. The SMILES string of the molecule is COc1cccc(N2CC34C=CC(O3)C(C(=O)NCCc3c[nH]c5ccccc35)C4C2=O)c1. The molecule has 168 valence electrons. The lowest BCUT2D eigenvalue weighted by Crippen LogP contribution is -2.44. The van der Waals surface area contributed by atoms with Gasteiger partial charge < -0.3 is 24.7 Å². The third-order valence-electron chi connectivity index (χ3n) is 7.14. The van der Waals surface area contributed by atoms with Gasteiger partial charge in [0.1, 0.15) is 11.4 Å². The highest BCUT2D eigenvalue weighted by molar-refractivity contribution is 6.03. The summed E-state index contributed by atoms with van der Waals surface area (Å²) in [6.07, 6.45) is 6.24. The van der Waals surface area contributed by atoms with Crippen molar-refractivity contribution in [3.8, 4) is 5.75 Å². The molecule has 6 rings (SSSR count). The van der Waals surface area contributed by atoms with Crippen molar-refractivity contribution in [1.82, 2.24) is 10.3 Å². The van der Waals surface area contributed by atoms with E-state index in [-0.39, 0.29) is 17.9 Å². The number of methoxy groups -OCH3 is 1. The van der Waals surface area contributed by atoms with Crippen LogP contribution in [-0.2, 0) is 20.7 Å². The summed E-state index contributed by atoms with van der Waals surface area (Å²) in [7, 11) is 1.60. The molecule has 7 nitrogen and oxygen atoms in total. The first kappa shape index (κ1) is 20.1. The zero-order chi connectivity index (χ0) is 22.6. The number of nitrogens with one attached hydrogen (secondary N) is 2. The van der Waals surface area contributed by atoms with Crippen LogP contribution in [0.4, 0.5) is 5.69 Å². The van der Waals surface area contributed by atoms with Gasteiger partial charge in [-0.25, -0.2) is 0 Å². The second-order valence-corrected chi connectivity index (χ2v) is 8.93. The van der Waals surface area contributed by atoms with Crippen LogP contribution in [0.2, 0.25) is 0 Å². The van der Waals surface area contributed by atoms with Gasteiger partial charge in [-0.1, -0.05) is 36.4 Å². The predicted molar refractivity (Wildman–Crippen MR) is 124 cm³/mol. The Morgan fingerprint density at radius 2 is 2.15 bits per heavy atom. The molecule has 33 heavy (non-hydrogen) atoms. The van der Waals surface area contributed by atoms with E-state index in [1.165, 1.54) is 0 Å². The predicted octanol–water partition coefficient (Wildman–Crippen LogP) is 2.82. The summed E-state index contributed by atoms with van der Waals surface area (Å²) >= 11 is 0. The van der Waals surface area contributed by atoms with Gasteiger partial charge in [0.15, 0.2) is 0 Å². The number of amides is 2. The van der Waals surface area contributed by atoms with Crippen LogP contribution in [0, 0.1) is 11.8 Å². The number of aromatic nitrogens is 1. The lowest BCUT2D eigenvalue weighted by Gasteiger charge is -2.23. The van der Waals surface area contributed by atoms with E-state index in [0.717, 1.165) is 22.2 Å². The summed E-state index contributed by atoms with van der Waals surface area (Å²) in [6, 6.07) is 15.5. The Morgan fingerprint density at radius 1 is 1.27 bits per heavy atom. The van der Waals surface area contributed by atoms with Gasteiger partial charge in [-0.2, -0.15) is 0 Å². The molecule has 2 bridgehead atoms. The molecule has 2 aromatic carbocycles. The van der Waals surface area contributed by atoms with Crippen LogP contribution in [0.1, 0.15) is 5.56 Å². The quantitative estimate of drug-likeness (QED) is 0.574. The summed E-state index contributed by atoms with van der Waals surface area (Å²) < 4.78 is 11.6. The molecule has 3 aliphatic rings. The number of rotatable bonds is 6. The van der Waals surface area contributed by atoms with Crippen molar-refractivity contribution in [3.63, 3.8) is 0 Å². The van der Waals surface area contributed by atoms with E-state index in [1.807, 2.05) is 60.8 Å². The summed E-state index contributed by atoms with van der Waals surface area (Å²) in [5, 5.41) is 4.22. The molecule has 2 N–H and O–H groups in total. The van der Waals surface area contributed by atoms with Gasteiger partial charge in [0.05, 0.1) is 31.6 Å². The Kier molecular flexibility index (Phi) is 4.55. The van der Waals surface area contributed by atoms with Crippen LogP contribution >= 0.6 is 0 Å². The summed E-state index contributed by atoms with van der Waals surface area (Å²) in [6.45, 7) is 0.900. The van der Waals surface area contributed by atoms with E-state index >= 15 is 0 Å². The van der Waals surface area contributed by atoms with Crippen LogP contribution in [0.5, 0.6) is 5.75 Å². The molecule has 3 aromatic rings. The highest BCUT2D eigenvalue weighted by Gasteiger charge is 2.67. The standard InChI is InChI=1S/C26H25N3O4/c1-32-18-6-4-5-17(13-18)29-15-26-11-9-21(33-26)22(23(26)25(29)31)24(30)27-12-10-16-14-28-20-8-3-2-7-19(16)20/h2-9,11,13-14,21-23,28H,10,12,15H2,1H3,(H,27,30). The normalized spacial score (nSPS) is 27.4. The van der Waals surface area contributed by atoms with Gasteiger partial charge in [0.2, 0.25) is 11.8 Å². The van der Waals surface area contributed by atoms with Gasteiger partial charge in [-0.3, -0.25) is 9.59 Å². The van der Waals surface area contributed by atoms with Crippen LogP contribution in [-0.4, -0.2) is 48.7 Å². The molecule has 4 atom stereocenters. The number of carbonyl (C=O) groups excluding carboxylic acids is 2. The van der Waals surface area contributed by atoms with Gasteiger partial charge >= 0.3 is 0 Å². The summed E-state index contributed by atoms with van der Waals surface area (Å²) in [5.74, 6) is -0.571. The highest BCUT2D eigenvalue weighted by Crippen LogP contribution is 2.52. The molecule has 2 saturated heterocycles. The van der Waals surface area contributed by atoms with Gasteiger partial charge in [0, 0.05) is 35.4 Å². The number of aromatic amines is 1. The summed E-state index contributed by atoms with van der Waals surface area (Å²) in [4.78, 5) is 31.7. The Hall–Kier alpha value is -3.58. The minimum atomic E-state index is -0.746. The first-order valence-electron chi connectivity index (χ1n) is 11.2. The second-order valence-electron chi connectivity index (χ2n) is 8.93. The Balaban J connectivity index is 1.18. The van der Waals surface area contributed by atoms with E-state index in [2.05, 4.69) is 16.4 Å². The number of H-pyrrole nitrogens is 1. The van der Waals surface area contributed by atoms with Crippen molar-refractivity contribution < 1.29 is 19.1 Å². The molecular formula is C26H25N3O4. The zero-order valence-corrected chi connectivity index (χ0v) is 18.3. The van der Waals surface area contributed by atoms with Crippen LogP contribution in [0.3, 0.4) is 0 Å². The van der Waals surface area contributed by atoms with Crippen molar-refractivity contribution >= 4 is 28.4 Å². The molecule has 1 aromatic heterocycles. The molecule has 0 aliphatic carbocycles. The first-order valence-corrected chi connectivity index (χ1v) is 11.2. The second kappa shape index (κ2) is 7.49. The molecule has 3 aliphatic heterocycles. The van der Waals surface area contributed by atoms with Gasteiger partial charge in [-0.05, 0) is 30.2 Å². The van der Waals surface area contributed by atoms with E-state index in [4.69, 9.17) is 9.47 Å². The van der Waals surface area contributed by atoms with Crippen molar-refractivity contribution in [3.05, 3.63) is 72.4 Å². The maximum absolute atomic E-state index is 13.5. The fourth-order valence-electron chi connectivity index (χ4n) is 5.57. The molecule has 2 amide bonds. The van der Waals surface area contributed by atoms with E-state index in [9.17, 15) is 9.59 Å². The average Bonchev–Trinajstić information content (AvgIpc) is 3.59. The molecular weight excluding hydrogens is 418 g/mol. The first-order chi connectivity index (χ1) is 16.1. The number of hydrogen-bond acceptors (Lipinski definition) is 4. The third-order valence-corrected chi connectivity index (χ3v) is 7.14. The monoisotopic (exact) mass is 443 g/mol. The minimum Gasteiger partial charge on any atom is -0.497 e. The number of nitrogens with zero attached hydrogens (tertiary/aromatic N) is 1. The summed E-state index contributed by atoms with van der Waals surface area (Å²) in [5.41, 5.74) is 2.25. The van der Waals surface area contributed by atoms with Gasteiger partial charge in [0.25, 0.3) is 0 Å². The van der Waals surface area contributed by atoms with Crippen LogP contribution in [0.25, 0.3) is 10.9 Å². The highest BCUT2D eigenvalue weighted by atomic mass is 16.5. The lowest BCUT2D eigenvalue weighted by molar-refractivity contribution is -0.131. The Bertz CT molecular complexity index is 1280. The topological polar surface area (TPSA) is 83.7 Å². The number of fused-ring (bicyclic) bond motifs is 2. The number of ether oxygens (including phenoxy) is 2. The van der Waals surface area contributed by atoms with Crippen molar-refractivity contribution in [2.24, 2.45) is 11.8 Å². The number of para-hydroxylation sites is 1. The third kappa shape index (κ3) is 3.07. The number of anilines is 1. The number of carbonyl (C=O) groups is 2. The van der Waals surface area contributed by atoms with E-state index in [0.29, 0.717) is 25.3 Å². The zero-order valence-electron chi connectivity index (χ0n) is 18.3. The molecule has 0 radical (unpaired) electrons. The minimum absolute atomic E-state index is 0.0770. The van der Waals surface area contributed by atoms with Crippen molar-refractivity contribution in [2.75, 3.05) is 25.1 Å². The molecule has 1 spiro atoms. The molecule has 4 unspecified atom stereocenters. The van der Waals surface area contributed by atoms with Gasteiger partial charge in [-0.15, -0.1) is 0 Å². The van der Waals surface area contributed by atoms with E-state index < -0.39 is 17.4 Å². The van der Waals surface area contributed by atoms with Crippen LogP contribution in [0.15, 0.2) is 66.9 Å². The Morgan fingerprint density at radius 3 is 3.03 bits per heavy atom. The molecule has 4 heterocycles. The van der Waals surface area contributed by atoms with Crippen molar-refractivity contribution in [2.45, 2.75) is 18.1 Å². The van der Waals surface area contributed by atoms with E-state index in [1.54, 1.807) is 12.0 Å². The fourth-order valence-corrected chi connectivity index (χ4v) is 5.57. The molecule has 0 saturated carbocycles. The molecule has 2 fully saturated rings. The largest absolute Gasteiger partial charge is 0.497 e. The van der Waals surface area contributed by atoms with Crippen molar-refractivity contribution in [1.29, 1.82) is 0 Å². The number of hydrogen-bond donors (Lipinski definition) is 2.